The average Bonchev–Trinajstić information content (AvgIpc) is 2.87. The molecule has 0 saturated carbocycles. The molecule has 3 aromatic rings. The Labute approximate surface area is 137 Å². The number of halogens is 2. The predicted octanol–water partition coefficient (Wildman–Crippen LogP) is 2.28. The molecule has 3 heterocycles. The number of hydrogen-bond acceptors (Lipinski definition) is 6. The highest BCUT2D eigenvalue weighted by molar-refractivity contribution is 7.98. The van der Waals surface area contributed by atoms with Gasteiger partial charge < -0.3 is 0 Å². The van der Waals surface area contributed by atoms with E-state index in [4.69, 9.17) is 28.5 Å². The second-order valence-electron chi connectivity index (χ2n) is 4.16. The lowest BCUT2D eigenvalue weighted by molar-refractivity contribution is 0.786. The van der Waals surface area contributed by atoms with Gasteiger partial charge in [-0.25, -0.2) is 14.8 Å². The molecule has 22 heavy (non-hydrogen) atoms. The van der Waals surface area contributed by atoms with Gasteiger partial charge in [0.25, 0.3) is 0 Å². The Kier molecular flexibility index (Phi) is 4.02. The summed E-state index contributed by atoms with van der Waals surface area (Å²) < 4.78 is 1.04. The van der Waals surface area contributed by atoms with Crippen LogP contribution in [0.25, 0.3) is 5.65 Å². The van der Waals surface area contributed by atoms with Gasteiger partial charge in [0.05, 0.1) is 6.20 Å². The molecule has 0 unspecified atom stereocenters. The molecule has 0 radical (unpaired) electrons. The number of thioether (sulfide) groups is 1. The summed E-state index contributed by atoms with van der Waals surface area (Å²) in [6.07, 6.45) is 1.30. The van der Waals surface area contributed by atoms with Gasteiger partial charge in [-0.05, 0) is 17.7 Å². The molecule has 10 heteroatoms. The highest BCUT2D eigenvalue weighted by Crippen LogP contribution is 2.22. The molecule has 0 spiro atoms. The van der Waals surface area contributed by atoms with Crippen LogP contribution in [0.4, 0.5) is 0 Å². The number of hydrogen-bond donors (Lipinski definition) is 1. The summed E-state index contributed by atoms with van der Waals surface area (Å²) >= 11 is 12.9. The van der Waals surface area contributed by atoms with Crippen LogP contribution >= 0.6 is 35.0 Å². The molecular weight excluding hydrogens is 347 g/mol. The van der Waals surface area contributed by atoms with E-state index in [1.54, 1.807) is 12.1 Å². The predicted molar refractivity (Wildman–Crippen MR) is 82.1 cm³/mol. The number of nitriles is 1. The van der Waals surface area contributed by atoms with Gasteiger partial charge in [0, 0.05) is 5.75 Å². The number of nitrogens with zero attached hydrogens (tertiary/aromatic N) is 5. The van der Waals surface area contributed by atoms with Crippen molar-refractivity contribution in [2.75, 3.05) is 0 Å². The first-order valence-corrected chi connectivity index (χ1v) is 7.64. The van der Waals surface area contributed by atoms with Crippen molar-refractivity contribution in [3.63, 3.8) is 0 Å². The third kappa shape index (κ3) is 2.92. The molecule has 1 N–H and O–H groups in total. The smallest absolute Gasteiger partial charge is 0.285 e. The first kappa shape index (κ1) is 14.8. The summed E-state index contributed by atoms with van der Waals surface area (Å²) in [5.74, 6) is 0.483. The summed E-state index contributed by atoms with van der Waals surface area (Å²) in [7, 11) is 0. The van der Waals surface area contributed by atoms with Crippen molar-refractivity contribution in [1.29, 1.82) is 5.26 Å². The van der Waals surface area contributed by atoms with Gasteiger partial charge in [-0.2, -0.15) is 14.9 Å². The molecule has 0 aliphatic carbocycles. The van der Waals surface area contributed by atoms with Crippen LogP contribution in [0.3, 0.4) is 0 Å². The van der Waals surface area contributed by atoms with E-state index in [0.717, 1.165) is 10.1 Å². The first-order valence-electron chi connectivity index (χ1n) is 5.90. The highest BCUT2D eigenvalue weighted by Gasteiger charge is 2.10. The van der Waals surface area contributed by atoms with E-state index in [1.165, 1.54) is 18.0 Å². The minimum absolute atomic E-state index is 0.222. The normalized spacial score (nSPS) is 10.8. The molecule has 110 valence electrons. The molecule has 0 aromatic carbocycles. The molecule has 3 rings (SSSR count). The molecule has 0 amide bonds. The van der Waals surface area contributed by atoms with Crippen LogP contribution in [-0.4, -0.2) is 24.6 Å². The number of aromatic nitrogens is 5. The van der Waals surface area contributed by atoms with E-state index in [1.807, 2.05) is 6.07 Å². The van der Waals surface area contributed by atoms with Crippen LogP contribution in [0.2, 0.25) is 10.3 Å². The number of rotatable bonds is 3. The minimum Gasteiger partial charge on any atom is -0.285 e. The van der Waals surface area contributed by atoms with Gasteiger partial charge in [-0.3, -0.25) is 4.98 Å². The van der Waals surface area contributed by atoms with Crippen molar-refractivity contribution in [2.24, 2.45) is 0 Å². The van der Waals surface area contributed by atoms with Gasteiger partial charge in [-0.15, -0.1) is 0 Å². The molecular formula is C12H6Cl2N6OS. The Morgan fingerprint density at radius 1 is 1.32 bits per heavy atom. The SMILES string of the molecule is N#Cc1cnn2c(=O)[nH]c(SCc3cc(Cl)nc(Cl)c3)nc12. The maximum atomic E-state index is 11.9. The Hall–Kier alpha value is -2.08. The largest absolute Gasteiger partial charge is 0.350 e. The lowest BCUT2D eigenvalue weighted by Gasteiger charge is -2.03. The summed E-state index contributed by atoms with van der Waals surface area (Å²) in [5, 5.41) is 13.7. The van der Waals surface area contributed by atoms with Crippen LogP contribution in [0.15, 0.2) is 28.3 Å². The average molecular weight is 353 g/mol. The monoisotopic (exact) mass is 352 g/mol. The van der Waals surface area contributed by atoms with Crippen LogP contribution < -0.4 is 5.69 Å². The molecule has 0 aliphatic heterocycles. The Bertz CT molecular complexity index is 940. The number of nitrogens with one attached hydrogen (secondary N) is 1. The summed E-state index contributed by atoms with van der Waals surface area (Å²) in [6, 6.07) is 5.30. The van der Waals surface area contributed by atoms with Gasteiger partial charge >= 0.3 is 5.69 Å². The van der Waals surface area contributed by atoms with Crippen LogP contribution in [0, 0.1) is 11.3 Å². The maximum absolute atomic E-state index is 11.9. The summed E-state index contributed by atoms with van der Waals surface area (Å²) in [4.78, 5) is 22.6. The van der Waals surface area contributed by atoms with Crippen LogP contribution in [0.1, 0.15) is 11.1 Å². The minimum atomic E-state index is -0.459. The molecule has 0 saturated heterocycles. The van der Waals surface area contributed by atoms with E-state index >= 15 is 0 Å². The molecule has 0 bridgehead atoms. The van der Waals surface area contributed by atoms with Gasteiger partial charge in [0.2, 0.25) is 0 Å². The van der Waals surface area contributed by atoms with Crippen LogP contribution in [-0.2, 0) is 5.75 Å². The van der Waals surface area contributed by atoms with Crippen LogP contribution in [0.5, 0.6) is 0 Å². The van der Waals surface area contributed by atoms with E-state index in [2.05, 4.69) is 20.1 Å². The van der Waals surface area contributed by atoms with Crippen molar-refractivity contribution in [3.05, 3.63) is 50.2 Å². The lowest BCUT2D eigenvalue weighted by Crippen LogP contribution is -2.19. The van der Waals surface area contributed by atoms with E-state index in [9.17, 15) is 4.79 Å². The fourth-order valence-corrected chi connectivity index (χ4v) is 3.05. The third-order valence-electron chi connectivity index (χ3n) is 2.68. The third-order valence-corrected chi connectivity index (χ3v) is 4.01. The van der Waals surface area contributed by atoms with E-state index in [0.29, 0.717) is 21.2 Å². The Morgan fingerprint density at radius 3 is 2.73 bits per heavy atom. The molecule has 3 aromatic heterocycles. The molecule has 0 aliphatic rings. The first-order chi connectivity index (χ1) is 10.6. The van der Waals surface area contributed by atoms with Crippen molar-refractivity contribution >= 4 is 40.6 Å². The van der Waals surface area contributed by atoms with Crippen molar-refractivity contribution in [1.82, 2.24) is 24.6 Å². The van der Waals surface area contributed by atoms with E-state index < -0.39 is 5.69 Å². The number of aromatic amines is 1. The van der Waals surface area contributed by atoms with Gasteiger partial charge in [0.15, 0.2) is 10.8 Å². The fraction of sp³-hybridized carbons (Fsp3) is 0.0833. The summed E-state index contributed by atoms with van der Waals surface area (Å²) in [6.45, 7) is 0. The van der Waals surface area contributed by atoms with E-state index in [-0.39, 0.29) is 11.2 Å². The Balaban J connectivity index is 1.91. The maximum Gasteiger partial charge on any atom is 0.350 e. The van der Waals surface area contributed by atoms with Gasteiger partial charge in [-0.1, -0.05) is 35.0 Å². The number of H-pyrrole nitrogens is 1. The zero-order valence-corrected chi connectivity index (χ0v) is 13.1. The topological polar surface area (TPSA) is 99.7 Å². The second kappa shape index (κ2) is 5.96. The fourth-order valence-electron chi connectivity index (χ4n) is 1.76. The molecule has 0 fully saturated rings. The standard InChI is InChI=1S/C12H6Cl2N6OS/c13-8-1-6(2-9(14)17-8)5-22-11-18-10-7(3-15)4-16-20(10)12(21)19-11/h1-2,4H,5H2,(H,18,19,21). The second-order valence-corrected chi connectivity index (χ2v) is 5.90. The molecule has 0 atom stereocenters. The number of fused-ring (bicyclic) bond motifs is 1. The van der Waals surface area contributed by atoms with Gasteiger partial charge in [0.1, 0.15) is 21.9 Å². The molecule has 7 nitrogen and oxygen atoms in total. The zero-order chi connectivity index (χ0) is 15.7. The lowest BCUT2D eigenvalue weighted by atomic mass is 10.3. The quantitative estimate of drug-likeness (QED) is 0.573. The number of pyridine rings is 1. The van der Waals surface area contributed by atoms with Crippen molar-refractivity contribution in [2.45, 2.75) is 10.9 Å². The van der Waals surface area contributed by atoms with Crippen molar-refractivity contribution in [3.8, 4) is 6.07 Å². The summed E-state index contributed by atoms with van der Waals surface area (Å²) in [5.41, 5.74) is 0.842. The zero-order valence-electron chi connectivity index (χ0n) is 10.7. The highest BCUT2D eigenvalue weighted by atomic mass is 35.5. The Morgan fingerprint density at radius 2 is 2.05 bits per heavy atom. The van der Waals surface area contributed by atoms with Crippen molar-refractivity contribution < 1.29 is 0 Å².